The summed E-state index contributed by atoms with van der Waals surface area (Å²) in [6.45, 7) is 7.17. The van der Waals surface area contributed by atoms with Crippen LogP contribution in [0.3, 0.4) is 0 Å². The lowest BCUT2D eigenvalue weighted by molar-refractivity contribution is -0.150. The van der Waals surface area contributed by atoms with Crippen LogP contribution in [0.5, 0.6) is 0 Å². The van der Waals surface area contributed by atoms with E-state index in [1.807, 2.05) is 44.2 Å². The minimum absolute atomic E-state index is 0.00346. The van der Waals surface area contributed by atoms with Gasteiger partial charge in [-0.05, 0) is 25.3 Å². The standard InChI is InChI=1S/C19H28N2O4S/c1-12(2)17(20)19(24)26-11-15(18(23)25-13(3)4)21-16(22)10-14-8-6-5-7-9-14/h5-9,12-13,15,17H,10-11,20H2,1-4H3,(H,21,22)/t15-,17-/m0/s1. The Morgan fingerprint density at radius 3 is 2.27 bits per heavy atom. The zero-order valence-corrected chi connectivity index (χ0v) is 16.5. The minimum Gasteiger partial charge on any atom is -0.461 e. The van der Waals surface area contributed by atoms with Gasteiger partial charge in [0.25, 0.3) is 0 Å². The number of esters is 1. The Hall–Kier alpha value is -1.86. The molecule has 0 aliphatic rings. The van der Waals surface area contributed by atoms with Gasteiger partial charge in [-0.1, -0.05) is 55.9 Å². The van der Waals surface area contributed by atoms with Crippen molar-refractivity contribution in [2.45, 2.75) is 52.3 Å². The van der Waals surface area contributed by atoms with Gasteiger partial charge in [0.15, 0.2) is 0 Å². The van der Waals surface area contributed by atoms with Crippen LogP contribution in [-0.2, 0) is 25.5 Å². The zero-order chi connectivity index (χ0) is 19.7. The van der Waals surface area contributed by atoms with Gasteiger partial charge in [-0.25, -0.2) is 4.79 Å². The number of rotatable bonds is 9. The average Bonchev–Trinajstić information content (AvgIpc) is 2.57. The molecule has 1 rings (SSSR count). The van der Waals surface area contributed by atoms with Gasteiger partial charge < -0.3 is 15.8 Å². The summed E-state index contributed by atoms with van der Waals surface area (Å²) in [6.07, 6.45) is -0.161. The van der Waals surface area contributed by atoms with E-state index >= 15 is 0 Å². The van der Waals surface area contributed by atoms with Gasteiger partial charge in [0.2, 0.25) is 11.0 Å². The van der Waals surface area contributed by atoms with Crippen molar-refractivity contribution in [3.63, 3.8) is 0 Å². The molecular weight excluding hydrogens is 352 g/mol. The maximum Gasteiger partial charge on any atom is 0.329 e. The molecule has 0 unspecified atom stereocenters. The largest absolute Gasteiger partial charge is 0.461 e. The molecule has 7 heteroatoms. The SMILES string of the molecule is CC(C)OC(=O)[C@H](CSC(=O)[C@@H](N)C(C)C)NC(=O)Cc1ccccc1. The molecule has 6 nitrogen and oxygen atoms in total. The van der Waals surface area contributed by atoms with Crippen molar-refractivity contribution in [3.8, 4) is 0 Å². The second-order valence-corrected chi connectivity index (χ2v) is 7.69. The van der Waals surface area contributed by atoms with E-state index < -0.39 is 18.1 Å². The monoisotopic (exact) mass is 380 g/mol. The summed E-state index contributed by atoms with van der Waals surface area (Å²) < 4.78 is 5.19. The Morgan fingerprint density at radius 1 is 1.12 bits per heavy atom. The van der Waals surface area contributed by atoms with E-state index in [1.165, 1.54) is 0 Å². The number of nitrogens with two attached hydrogens (primary N) is 1. The Morgan fingerprint density at radius 2 is 1.73 bits per heavy atom. The van der Waals surface area contributed by atoms with Gasteiger partial charge in [-0.3, -0.25) is 9.59 Å². The summed E-state index contributed by atoms with van der Waals surface area (Å²) in [4.78, 5) is 36.6. The van der Waals surface area contributed by atoms with Crippen LogP contribution in [0.4, 0.5) is 0 Å². The van der Waals surface area contributed by atoms with Crippen molar-refractivity contribution in [1.29, 1.82) is 0 Å². The summed E-state index contributed by atoms with van der Waals surface area (Å²) in [5.41, 5.74) is 6.67. The third-order valence-corrected chi connectivity index (χ3v) is 4.62. The van der Waals surface area contributed by atoms with Crippen LogP contribution < -0.4 is 11.1 Å². The third-order valence-electron chi connectivity index (χ3n) is 3.56. The summed E-state index contributed by atoms with van der Waals surface area (Å²) in [5.74, 6) is -0.766. The molecule has 0 spiro atoms. The molecule has 144 valence electrons. The minimum atomic E-state index is -0.901. The number of benzene rings is 1. The van der Waals surface area contributed by atoms with Crippen LogP contribution in [0, 0.1) is 5.92 Å². The van der Waals surface area contributed by atoms with Crippen LogP contribution in [0.15, 0.2) is 30.3 Å². The van der Waals surface area contributed by atoms with E-state index in [9.17, 15) is 14.4 Å². The molecule has 2 atom stereocenters. The molecule has 1 aromatic carbocycles. The molecule has 0 radical (unpaired) electrons. The summed E-state index contributed by atoms with van der Waals surface area (Å²) in [5, 5.41) is 2.46. The average molecular weight is 381 g/mol. The first-order valence-corrected chi connectivity index (χ1v) is 9.65. The van der Waals surface area contributed by atoms with E-state index in [0.717, 1.165) is 17.3 Å². The Labute approximate surface area is 159 Å². The van der Waals surface area contributed by atoms with Crippen LogP contribution in [0.1, 0.15) is 33.3 Å². The summed E-state index contributed by atoms with van der Waals surface area (Å²) in [6, 6.07) is 7.71. The zero-order valence-electron chi connectivity index (χ0n) is 15.7. The fourth-order valence-corrected chi connectivity index (χ4v) is 3.06. The van der Waals surface area contributed by atoms with E-state index in [2.05, 4.69) is 5.32 Å². The molecule has 0 bridgehead atoms. The first kappa shape index (κ1) is 22.2. The molecule has 0 fully saturated rings. The maximum atomic E-state index is 12.3. The number of carbonyl (C=O) groups is 3. The molecule has 0 saturated heterocycles. The number of ether oxygens (including phenoxy) is 1. The summed E-state index contributed by atoms with van der Waals surface area (Å²) >= 11 is 0.945. The second kappa shape index (κ2) is 11.0. The molecule has 0 aliphatic heterocycles. The molecule has 26 heavy (non-hydrogen) atoms. The molecule has 1 aromatic rings. The Balaban J connectivity index is 2.70. The number of nitrogens with one attached hydrogen (secondary N) is 1. The molecule has 0 heterocycles. The highest BCUT2D eigenvalue weighted by atomic mass is 32.2. The van der Waals surface area contributed by atoms with Gasteiger partial charge in [0.05, 0.1) is 18.6 Å². The number of hydrogen-bond donors (Lipinski definition) is 2. The highest BCUT2D eigenvalue weighted by Crippen LogP contribution is 2.13. The fraction of sp³-hybridized carbons (Fsp3) is 0.526. The third kappa shape index (κ3) is 8.01. The smallest absolute Gasteiger partial charge is 0.329 e. The molecule has 3 N–H and O–H groups in total. The van der Waals surface area contributed by atoms with Crippen molar-refractivity contribution in [2.24, 2.45) is 11.7 Å². The first-order chi connectivity index (χ1) is 12.2. The highest BCUT2D eigenvalue weighted by Gasteiger charge is 2.26. The molecular formula is C19H28N2O4S. The van der Waals surface area contributed by atoms with E-state index in [-0.39, 0.29) is 35.2 Å². The molecule has 0 aromatic heterocycles. The number of amides is 1. The van der Waals surface area contributed by atoms with Gasteiger partial charge in [0, 0.05) is 5.75 Å². The van der Waals surface area contributed by atoms with Gasteiger partial charge in [-0.2, -0.15) is 0 Å². The quantitative estimate of drug-likeness (QED) is 0.635. The topological polar surface area (TPSA) is 98.5 Å². The second-order valence-electron chi connectivity index (χ2n) is 6.67. The van der Waals surface area contributed by atoms with E-state index in [4.69, 9.17) is 10.5 Å². The molecule has 1 amide bonds. The lowest BCUT2D eigenvalue weighted by Crippen LogP contribution is -2.45. The van der Waals surface area contributed by atoms with E-state index in [0.29, 0.717) is 0 Å². The van der Waals surface area contributed by atoms with Crippen LogP contribution >= 0.6 is 11.8 Å². The first-order valence-electron chi connectivity index (χ1n) is 8.66. The van der Waals surface area contributed by atoms with Crippen molar-refractivity contribution in [1.82, 2.24) is 5.32 Å². The predicted molar refractivity (Wildman–Crippen MR) is 104 cm³/mol. The van der Waals surface area contributed by atoms with Gasteiger partial charge in [-0.15, -0.1) is 0 Å². The number of hydrogen-bond acceptors (Lipinski definition) is 6. The predicted octanol–water partition coefficient (Wildman–Crippen LogP) is 1.91. The lowest BCUT2D eigenvalue weighted by Gasteiger charge is -2.20. The van der Waals surface area contributed by atoms with Crippen LogP contribution in [0.25, 0.3) is 0 Å². The molecule has 0 aliphatic carbocycles. The number of thioether (sulfide) groups is 1. The highest BCUT2D eigenvalue weighted by molar-refractivity contribution is 8.13. The van der Waals surface area contributed by atoms with Gasteiger partial charge in [0.1, 0.15) is 6.04 Å². The van der Waals surface area contributed by atoms with Crippen molar-refractivity contribution < 1.29 is 19.1 Å². The number of carbonyl (C=O) groups excluding carboxylic acids is 3. The molecule has 0 saturated carbocycles. The normalized spacial score (nSPS) is 13.3. The van der Waals surface area contributed by atoms with Crippen molar-refractivity contribution >= 4 is 28.8 Å². The Bertz CT molecular complexity index is 605. The fourth-order valence-electron chi connectivity index (χ4n) is 2.04. The van der Waals surface area contributed by atoms with Crippen molar-refractivity contribution in [3.05, 3.63) is 35.9 Å². The Kier molecular flexibility index (Phi) is 9.37. The lowest BCUT2D eigenvalue weighted by atomic mass is 10.1. The van der Waals surface area contributed by atoms with Crippen molar-refractivity contribution in [2.75, 3.05) is 5.75 Å². The van der Waals surface area contributed by atoms with E-state index in [1.54, 1.807) is 13.8 Å². The van der Waals surface area contributed by atoms with Crippen LogP contribution in [-0.4, -0.2) is 40.9 Å². The summed E-state index contributed by atoms with van der Waals surface area (Å²) in [7, 11) is 0. The van der Waals surface area contributed by atoms with Gasteiger partial charge >= 0.3 is 5.97 Å². The maximum absolute atomic E-state index is 12.3. The van der Waals surface area contributed by atoms with Crippen LogP contribution in [0.2, 0.25) is 0 Å².